The lowest BCUT2D eigenvalue weighted by molar-refractivity contribution is 0.355. The molecular weight excluding hydrogens is 400 g/mol. The molecule has 150 valence electrons. The molecule has 0 aliphatic carbocycles. The van der Waals surface area contributed by atoms with Crippen LogP contribution in [-0.2, 0) is 0 Å². The van der Waals surface area contributed by atoms with Crippen LogP contribution in [0.3, 0.4) is 0 Å². The van der Waals surface area contributed by atoms with Gasteiger partial charge in [0, 0.05) is 16.0 Å². The van der Waals surface area contributed by atoms with E-state index in [1.54, 1.807) is 20.4 Å². The standard InChI is InChI=1S/C23H19ClN4O2/c1-29-20-12-7-15(13-21(20)30-2)14-25-28-23-18-5-3-4-6-19(18)26-22(27-23)16-8-10-17(24)11-9-16/h3-14H,1-2H3,(H,26,27,28). The van der Waals surface area contributed by atoms with Crippen molar-refractivity contribution >= 4 is 34.5 Å². The van der Waals surface area contributed by atoms with Gasteiger partial charge in [-0.3, -0.25) is 5.43 Å². The van der Waals surface area contributed by atoms with E-state index in [1.807, 2.05) is 66.7 Å². The Morgan fingerprint density at radius 1 is 0.900 bits per heavy atom. The number of fused-ring (bicyclic) bond motifs is 1. The Bertz CT molecular complexity index is 1210. The van der Waals surface area contributed by atoms with Crippen LogP contribution in [0.1, 0.15) is 5.56 Å². The highest BCUT2D eigenvalue weighted by Crippen LogP contribution is 2.28. The molecule has 1 heterocycles. The molecule has 0 radical (unpaired) electrons. The monoisotopic (exact) mass is 418 g/mol. The van der Waals surface area contributed by atoms with Crippen LogP contribution in [0.5, 0.6) is 11.5 Å². The number of halogens is 1. The van der Waals surface area contributed by atoms with Crippen LogP contribution in [0, 0.1) is 0 Å². The van der Waals surface area contributed by atoms with Crippen LogP contribution in [0.4, 0.5) is 5.82 Å². The molecule has 4 rings (SSSR count). The number of hydrazone groups is 1. The number of methoxy groups -OCH3 is 2. The third-order valence-electron chi connectivity index (χ3n) is 4.50. The average molecular weight is 419 g/mol. The van der Waals surface area contributed by atoms with E-state index in [0.717, 1.165) is 22.0 Å². The molecule has 1 aromatic heterocycles. The van der Waals surface area contributed by atoms with Crippen molar-refractivity contribution in [3.05, 3.63) is 77.3 Å². The number of rotatable bonds is 6. The van der Waals surface area contributed by atoms with Gasteiger partial charge in [0.1, 0.15) is 0 Å². The van der Waals surface area contributed by atoms with E-state index < -0.39 is 0 Å². The minimum Gasteiger partial charge on any atom is -0.493 e. The molecule has 0 fully saturated rings. The Balaban J connectivity index is 1.66. The quantitative estimate of drug-likeness (QED) is 0.335. The van der Waals surface area contributed by atoms with E-state index in [0.29, 0.717) is 28.2 Å². The average Bonchev–Trinajstić information content (AvgIpc) is 2.79. The minimum absolute atomic E-state index is 0.592. The second kappa shape index (κ2) is 8.80. The summed E-state index contributed by atoms with van der Waals surface area (Å²) in [6.45, 7) is 0. The Hall–Kier alpha value is -3.64. The molecule has 0 saturated carbocycles. The van der Waals surface area contributed by atoms with Crippen LogP contribution in [0.2, 0.25) is 5.02 Å². The first-order valence-electron chi connectivity index (χ1n) is 9.22. The van der Waals surface area contributed by atoms with Gasteiger partial charge >= 0.3 is 0 Å². The van der Waals surface area contributed by atoms with E-state index >= 15 is 0 Å². The number of benzene rings is 3. The summed E-state index contributed by atoms with van der Waals surface area (Å²) in [5.41, 5.74) is 5.59. The summed E-state index contributed by atoms with van der Waals surface area (Å²) >= 11 is 6.00. The van der Waals surface area contributed by atoms with E-state index in [9.17, 15) is 0 Å². The molecule has 0 atom stereocenters. The predicted molar refractivity (Wildman–Crippen MR) is 121 cm³/mol. The van der Waals surface area contributed by atoms with Crippen LogP contribution >= 0.6 is 11.6 Å². The number of ether oxygens (including phenoxy) is 2. The number of hydrogen-bond acceptors (Lipinski definition) is 6. The van der Waals surface area contributed by atoms with Gasteiger partial charge in [-0.25, -0.2) is 9.97 Å². The number of aromatic nitrogens is 2. The highest BCUT2D eigenvalue weighted by Gasteiger charge is 2.09. The van der Waals surface area contributed by atoms with Crippen molar-refractivity contribution in [3.8, 4) is 22.9 Å². The summed E-state index contributed by atoms with van der Waals surface area (Å²) in [4.78, 5) is 9.34. The zero-order chi connectivity index (χ0) is 20.9. The topological polar surface area (TPSA) is 68.6 Å². The van der Waals surface area contributed by atoms with Gasteiger partial charge in [0.05, 0.1) is 26.0 Å². The minimum atomic E-state index is 0.592. The molecule has 0 amide bonds. The highest BCUT2D eigenvalue weighted by molar-refractivity contribution is 6.30. The van der Waals surface area contributed by atoms with Gasteiger partial charge in [0.25, 0.3) is 0 Å². The molecule has 4 aromatic rings. The van der Waals surface area contributed by atoms with Crippen LogP contribution in [0.15, 0.2) is 71.8 Å². The molecule has 7 heteroatoms. The van der Waals surface area contributed by atoms with E-state index in [4.69, 9.17) is 21.1 Å². The fraction of sp³-hybridized carbons (Fsp3) is 0.0870. The first-order chi connectivity index (χ1) is 14.7. The lowest BCUT2D eigenvalue weighted by Gasteiger charge is -2.09. The number of anilines is 1. The zero-order valence-corrected chi connectivity index (χ0v) is 17.2. The highest BCUT2D eigenvalue weighted by atomic mass is 35.5. The van der Waals surface area contributed by atoms with Crippen molar-refractivity contribution in [1.29, 1.82) is 0 Å². The normalized spacial score (nSPS) is 11.0. The summed E-state index contributed by atoms with van der Waals surface area (Å²) in [6, 6.07) is 20.8. The van der Waals surface area contributed by atoms with Crippen molar-refractivity contribution in [2.45, 2.75) is 0 Å². The number of nitrogens with one attached hydrogen (secondary N) is 1. The van der Waals surface area contributed by atoms with Crippen molar-refractivity contribution in [2.75, 3.05) is 19.6 Å². The maximum atomic E-state index is 6.00. The summed E-state index contributed by atoms with van der Waals surface area (Å²) in [6.07, 6.45) is 1.70. The number of para-hydroxylation sites is 1. The third-order valence-corrected chi connectivity index (χ3v) is 4.75. The van der Waals surface area contributed by atoms with Gasteiger partial charge in [-0.1, -0.05) is 23.7 Å². The smallest absolute Gasteiger partial charge is 0.162 e. The number of hydrogen-bond donors (Lipinski definition) is 1. The second-order valence-electron chi connectivity index (χ2n) is 6.40. The molecule has 0 unspecified atom stereocenters. The maximum absolute atomic E-state index is 6.00. The molecule has 3 aromatic carbocycles. The Labute approximate surface area is 179 Å². The molecule has 0 aliphatic heterocycles. The Kier molecular flexibility index (Phi) is 5.77. The molecule has 0 saturated heterocycles. The molecule has 6 nitrogen and oxygen atoms in total. The summed E-state index contributed by atoms with van der Waals surface area (Å²) < 4.78 is 10.6. The van der Waals surface area contributed by atoms with Crippen LogP contribution in [-0.4, -0.2) is 30.4 Å². The zero-order valence-electron chi connectivity index (χ0n) is 16.5. The van der Waals surface area contributed by atoms with Gasteiger partial charge in [-0.05, 0) is 60.2 Å². The van der Waals surface area contributed by atoms with Crippen LogP contribution < -0.4 is 14.9 Å². The van der Waals surface area contributed by atoms with Gasteiger partial charge in [-0.2, -0.15) is 5.10 Å². The molecule has 0 bridgehead atoms. The lowest BCUT2D eigenvalue weighted by atomic mass is 10.2. The van der Waals surface area contributed by atoms with E-state index in [-0.39, 0.29) is 0 Å². The largest absolute Gasteiger partial charge is 0.493 e. The van der Waals surface area contributed by atoms with Gasteiger partial charge < -0.3 is 9.47 Å². The maximum Gasteiger partial charge on any atom is 0.162 e. The Morgan fingerprint density at radius 3 is 2.43 bits per heavy atom. The summed E-state index contributed by atoms with van der Waals surface area (Å²) in [5, 5.41) is 5.90. The molecule has 1 N–H and O–H groups in total. The van der Waals surface area contributed by atoms with Gasteiger partial charge in [-0.15, -0.1) is 0 Å². The first kappa shape index (κ1) is 19.7. The van der Waals surface area contributed by atoms with Crippen molar-refractivity contribution in [3.63, 3.8) is 0 Å². The molecule has 30 heavy (non-hydrogen) atoms. The van der Waals surface area contributed by atoms with Crippen molar-refractivity contribution < 1.29 is 9.47 Å². The van der Waals surface area contributed by atoms with E-state index in [2.05, 4.69) is 20.5 Å². The fourth-order valence-corrected chi connectivity index (χ4v) is 3.12. The second-order valence-corrected chi connectivity index (χ2v) is 6.84. The Morgan fingerprint density at radius 2 is 1.67 bits per heavy atom. The summed E-state index contributed by atoms with van der Waals surface area (Å²) in [7, 11) is 3.20. The summed E-state index contributed by atoms with van der Waals surface area (Å²) in [5.74, 6) is 2.51. The predicted octanol–water partition coefficient (Wildman–Crippen LogP) is 5.41. The first-order valence-corrected chi connectivity index (χ1v) is 9.59. The fourth-order valence-electron chi connectivity index (χ4n) is 2.99. The third kappa shape index (κ3) is 4.18. The van der Waals surface area contributed by atoms with Crippen molar-refractivity contribution in [1.82, 2.24) is 9.97 Å². The molecule has 0 spiro atoms. The van der Waals surface area contributed by atoms with Gasteiger partial charge in [0.15, 0.2) is 23.1 Å². The van der Waals surface area contributed by atoms with Crippen LogP contribution in [0.25, 0.3) is 22.3 Å². The van der Waals surface area contributed by atoms with E-state index in [1.165, 1.54) is 0 Å². The molecule has 0 aliphatic rings. The SMILES string of the molecule is COc1ccc(C=NNc2nc(-c3ccc(Cl)cc3)nc3ccccc23)cc1OC. The molecular formula is C23H19ClN4O2. The number of nitrogens with zero attached hydrogens (tertiary/aromatic N) is 3. The van der Waals surface area contributed by atoms with Gasteiger partial charge in [0.2, 0.25) is 0 Å². The van der Waals surface area contributed by atoms with Crippen molar-refractivity contribution in [2.24, 2.45) is 5.10 Å². The lowest BCUT2D eigenvalue weighted by Crippen LogP contribution is -1.99.